The molecule has 0 spiro atoms. The summed E-state index contributed by atoms with van der Waals surface area (Å²) in [7, 11) is 3.38. The Morgan fingerprint density at radius 1 is 1.25 bits per heavy atom. The monoisotopic (exact) mass is 337 g/mol. The molecule has 0 unspecified atom stereocenters. The second-order valence-electron chi connectivity index (χ2n) is 4.45. The summed E-state index contributed by atoms with van der Waals surface area (Å²) in [6.07, 6.45) is 1.44. The third kappa shape index (κ3) is 2.87. The van der Waals surface area contributed by atoms with E-state index in [9.17, 15) is 0 Å². The van der Waals surface area contributed by atoms with E-state index in [1.54, 1.807) is 13.2 Å². The third-order valence-electron chi connectivity index (χ3n) is 2.74. The molecule has 0 bridgehead atoms. The molecule has 7 heteroatoms. The Morgan fingerprint density at radius 3 is 2.60 bits per heavy atom. The molecule has 2 aromatic heterocycles. The average Bonchev–Trinajstić information content (AvgIpc) is 2.47. The Morgan fingerprint density at radius 2 is 2.00 bits per heavy atom. The SMILES string of the molecule is CNc1nc(-c2cc(OC)ncn2)nc(C(C)C)c1Br. The normalized spacial score (nSPS) is 10.7. The van der Waals surface area contributed by atoms with Crippen LogP contribution in [0.15, 0.2) is 16.9 Å². The first kappa shape index (κ1) is 14.6. The summed E-state index contributed by atoms with van der Waals surface area (Å²) >= 11 is 3.53. The standard InChI is InChI=1S/C13H16BrN5O/c1-7(2)11-10(14)13(15-3)19-12(18-11)8-5-9(20-4)17-6-16-8/h5-7H,1-4H3,(H,15,18,19). The number of ether oxygens (including phenoxy) is 1. The minimum absolute atomic E-state index is 0.266. The van der Waals surface area contributed by atoms with Crippen molar-refractivity contribution in [2.45, 2.75) is 19.8 Å². The van der Waals surface area contributed by atoms with E-state index in [0.29, 0.717) is 17.4 Å². The van der Waals surface area contributed by atoms with Crippen LogP contribution < -0.4 is 10.1 Å². The summed E-state index contributed by atoms with van der Waals surface area (Å²) in [4.78, 5) is 17.2. The van der Waals surface area contributed by atoms with Gasteiger partial charge in [0.25, 0.3) is 0 Å². The second-order valence-corrected chi connectivity index (χ2v) is 5.24. The van der Waals surface area contributed by atoms with Crippen molar-refractivity contribution >= 4 is 21.7 Å². The van der Waals surface area contributed by atoms with Gasteiger partial charge in [-0.3, -0.25) is 0 Å². The van der Waals surface area contributed by atoms with Crippen molar-refractivity contribution in [3.05, 3.63) is 22.6 Å². The minimum Gasteiger partial charge on any atom is -0.481 e. The number of methoxy groups -OCH3 is 1. The highest BCUT2D eigenvalue weighted by atomic mass is 79.9. The average molecular weight is 338 g/mol. The Balaban J connectivity index is 2.58. The maximum absolute atomic E-state index is 5.10. The molecule has 0 radical (unpaired) electrons. The number of rotatable bonds is 4. The lowest BCUT2D eigenvalue weighted by molar-refractivity contribution is 0.397. The maximum atomic E-state index is 5.10. The van der Waals surface area contributed by atoms with Crippen LogP contribution in [0, 0.1) is 0 Å². The topological polar surface area (TPSA) is 72.8 Å². The Kier molecular flexibility index (Phi) is 4.49. The van der Waals surface area contributed by atoms with E-state index < -0.39 is 0 Å². The molecule has 0 aliphatic carbocycles. The molecule has 0 fully saturated rings. The lowest BCUT2D eigenvalue weighted by Crippen LogP contribution is -2.05. The van der Waals surface area contributed by atoms with Gasteiger partial charge in [-0.25, -0.2) is 19.9 Å². The van der Waals surface area contributed by atoms with Gasteiger partial charge in [-0.15, -0.1) is 0 Å². The van der Waals surface area contributed by atoms with Gasteiger partial charge in [-0.2, -0.15) is 0 Å². The summed E-state index contributed by atoms with van der Waals surface area (Å²) in [5.41, 5.74) is 1.56. The van der Waals surface area contributed by atoms with E-state index >= 15 is 0 Å². The quantitative estimate of drug-likeness (QED) is 0.924. The smallest absolute Gasteiger partial charge is 0.216 e. The van der Waals surface area contributed by atoms with Crippen molar-refractivity contribution in [2.24, 2.45) is 0 Å². The van der Waals surface area contributed by atoms with Crippen LogP contribution in [0.5, 0.6) is 5.88 Å². The van der Waals surface area contributed by atoms with Crippen molar-refractivity contribution in [1.82, 2.24) is 19.9 Å². The Bertz CT molecular complexity index is 618. The molecule has 106 valence electrons. The van der Waals surface area contributed by atoms with Crippen LogP contribution in [0.2, 0.25) is 0 Å². The molecule has 6 nitrogen and oxygen atoms in total. The van der Waals surface area contributed by atoms with Crippen molar-refractivity contribution < 1.29 is 4.74 Å². The molecule has 0 amide bonds. The summed E-state index contributed by atoms with van der Waals surface area (Å²) < 4.78 is 5.98. The van der Waals surface area contributed by atoms with Crippen molar-refractivity contribution in [2.75, 3.05) is 19.5 Å². The number of aromatic nitrogens is 4. The van der Waals surface area contributed by atoms with Gasteiger partial charge in [-0.05, 0) is 21.8 Å². The molecule has 0 saturated heterocycles. The number of nitrogens with one attached hydrogen (secondary N) is 1. The van der Waals surface area contributed by atoms with E-state index in [2.05, 4.69) is 55.0 Å². The fraction of sp³-hybridized carbons (Fsp3) is 0.385. The van der Waals surface area contributed by atoms with Crippen molar-refractivity contribution in [3.8, 4) is 17.4 Å². The van der Waals surface area contributed by atoms with Gasteiger partial charge in [0.1, 0.15) is 17.8 Å². The molecule has 2 heterocycles. The molecule has 2 aromatic rings. The highest BCUT2D eigenvalue weighted by Gasteiger charge is 2.16. The lowest BCUT2D eigenvalue weighted by atomic mass is 10.1. The lowest BCUT2D eigenvalue weighted by Gasteiger charge is -2.13. The van der Waals surface area contributed by atoms with Crippen LogP contribution in [0.1, 0.15) is 25.5 Å². The Labute approximate surface area is 126 Å². The highest BCUT2D eigenvalue weighted by Crippen LogP contribution is 2.31. The molecule has 0 saturated carbocycles. The van der Waals surface area contributed by atoms with Crippen LogP contribution >= 0.6 is 15.9 Å². The van der Waals surface area contributed by atoms with Crippen molar-refractivity contribution in [1.29, 1.82) is 0 Å². The maximum Gasteiger partial charge on any atom is 0.216 e. The molecule has 0 aromatic carbocycles. The summed E-state index contributed by atoms with van der Waals surface area (Å²) in [5, 5.41) is 3.06. The van der Waals surface area contributed by atoms with E-state index in [4.69, 9.17) is 4.74 Å². The van der Waals surface area contributed by atoms with E-state index in [0.717, 1.165) is 16.0 Å². The third-order valence-corrected chi connectivity index (χ3v) is 3.52. The zero-order valence-electron chi connectivity index (χ0n) is 11.8. The van der Waals surface area contributed by atoms with Gasteiger partial charge >= 0.3 is 0 Å². The molecule has 0 aliphatic rings. The summed E-state index contributed by atoms with van der Waals surface area (Å²) in [5.74, 6) is 2.03. The van der Waals surface area contributed by atoms with Crippen LogP contribution in [-0.2, 0) is 0 Å². The van der Waals surface area contributed by atoms with Gasteiger partial charge in [-0.1, -0.05) is 13.8 Å². The summed E-state index contributed by atoms with van der Waals surface area (Å²) in [6, 6.07) is 1.72. The van der Waals surface area contributed by atoms with Crippen LogP contribution in [-0.4, -0.2) is 34.1 Å². The van der Waals surface area contributed by atoms with Crippen molar-refractivity contribution in [3.63, 3.8) is 0 Å². The van der Waals surface area contributed by atoms with Gasteiger partial charge in [0, 0.05) is 13.1 Å². The van der Waals surface area contributed by atoms with Gasteiger partial charge in [0.2, 0.25) is 5.88 Å². The molecule has 20 heavy (non-hydrogen) atoms. The first-order valence-electron chi connectivity index (χ1n) is 6.18. The number of hydrogen-bond acceptors (Lipinski definition) is 6. The Hall–Kier alpha value is -1.76. The molecule has 1 N–H and O–H groups in total. The number of halogens is 1. The van der Waals surface area contributed by atoms with E-state index in [1.165, 1.54) is 6.33 Å². The number of nitrogens with zero attached hydrogens (tertiary/aromatic N) is 4. The van der Waals surface area contributed by atoms with E-state index in [1.807, 2.05) is 7.05 Å². The van der Waals surface area contributed by atoms with Crippen LogP contribution in [0.3, 0.4) is 0 Å². The summed E-state index contributed by atoms with van der Waals surface area (Å²) in [6.45, 7) is 4.16. The second kappa shape index (κ2) is 6.13. The highest BCUT2D eigenvalue weighted by molar-refractivity contribution is 9.10. The molecule has 2 rings (SSSR count). The molecule has 0 atom stereocenters. The first-order chi connectivity index (χ1) is 9.56. The van der Waals surface area contributed by atoms with Gasteiger partial charge in [0.05, 0.1) is 17.3 Å². The van der Waals surface area contributed by atoms with Gasteiger partial charge in [0.15, 0.2) is 5.82 Å². The number of hydrogen-bond donors (Lipinski definition) is 1. The predicted molar refractivity (Wildman–Crippen MR) is 80.9 cm³/mol. The fourth-order valence-corrected chi connectivity index (χ4v) is 2.53. The number of anilines is 1. The molecule has 0 aliphatic heterocycles. The largest absolute Gasteiger partial charge is 0.481 e. The predicted octanol–water partition coefficient (Wildman–Crippen LogP) is 2.87. The first-order valence-corrected chi connectivity index (χ1v) is 6.97. The van der Waals surface area contributed by atoms with Gasteiger partial charge < -0.3 is 10.1 Å². The zero-order chi connectivity index (χ0) is 14.7. The van der Waals surface area contributed by atoms with E-state index in [-0.39, 0.29) is 5.92 Å². The zero-order valence-corrected chi connectivity index (χ0v) is 13.4. The molecular weight excluding hydrogens is 322 g/mol. The fourth-order valence-electron chi connectivity index (χ4n) is 1.70. The van der Waals surface area contributed by atoms with Crippen LogP contribution in [0.4, 0.5) is 5.82 Å². The van der Waals surface area contributed by atoms with Crippen LogP contribution in [0.25, 0.3) is 11.5 Å². The molecular formula is C13H16BrN5O. The minimum atomic E-state index is 0.266.